The van der Waals surface area contributed by atoms with Gasteiger partial charge in [-0.15, -0.1) is 0 Å². The van der Waals surface area contributed by atoms with Gasteiger partial charge >= 0.3 is 5.97 Å². The third-order valence-electron chi connectivity index (χ3n) is 3.21. The molecule has 0 aliphatic carbocycles. The second-order valence-corrected chi connectivity index (χ2v) is 5.37. The maximum absolute atomic E-state index is 12.0. The molecular formula is C19H21NO4. The molecule has 0 saturated heterocycles. The van der Waals surface area contributed by atoms with Crippen LogP contribution in [0.5, 0.6) is 5.75 Å². The Hall–Kier alpha value is -2.82. The van der Waals surface area contributed by atoms with Crippen LogP contribution in [0.25, 0.3) is 0 Å². The van der Waals surface area contributed by atoms with Gasteiger partial charge in [0.25, 0.3) is 5.91 Å². The zero-order chi connectivity index (χ0) is 17.4. The maximum Gasteiger partial charge on any atom is 0.338 e. The van der Waals surface area contributed by atoms with Crippen LogP contribution in [0.15, 0.2) is 48.5 Å². The van der Waals surface area contributed by atoms with Gasteiger partial charge in [-0.2, -0.15) is 0 Å². The number of amides is 1. The van der Waals surface area contributed by atoms with Crippen molar-refractivity contribution in [2.75, 3.05) is 18.5 Å². The molecule has 0 heterocycles. The van der Waals surface area contributed by atoms with E-state index >= 15 is 0 Å². The van der Waals surface area contributed by atoms with Crippen LogP contribution in [0.3, 0.4) is 0 Å². The second kappa shape index (κ2) is 8.72. The van der Waals surface area contributed by atoms with Crippen LogP contribution in [-0.4, -0.2) is 25.1 Å². The van der Waals surface area contributed by atoms with Gasteiger partial charge < -0.3 is 14.8 Å². The summed E-state index contributed by atoms with van der Waals surface area (Å²) in [6.45, 7) is 4.18. The number of aryl methyl sites for hydroxylation is 1. The second-order valence-electron chi connectivity index (χ2n) is 5.37. The number of rotatable bonds is 7. The topological polar surface area (TPSA) is 64.6 Å². The first-order chi connectivity index (χ1) is 11.6. The Kier molecular flexibility index (Phi) is 6.37. The van der Waals surface area contributed by atoms with E-state index in [1.165, 1.54) is 0 Å². The molecule has 0 atom stereocenters. The van der Waals surface area contributed by atoms with Gasteiger partial charge in [0.05, 0.1) is 12.2 Å². The SMILES string of the molecule is CCCOC(=O)c1cccc(NC(=O)COc2ccc(C)cc2)c1. The molecule has 24 heavy (non-hydrogen) atoms. The lowest BCUT2D eigenvalue weighted by atomic mass is 10.2. The van der Waals surface area contributed by atoms with Crippen molar-refractivity contribution in [3.63, 3.8) is 0 Å². The van der Waals surface area contributed by atoms with E-state index in [1.54, 1.807) is 24.3 Å². The van der Waals surface area contributed by atoms with Crippen molar-refractivity contribution in [3.8, 4) is 5.75 Å². The summed E-state index contributed by atoms with van der Waals surface area (Å²) in [6.07, 6.45) is 0.762. The van der Waals surface area contributed by atoms with Crippen LogP contribution in [0.4, 0.5) is 5.69 Å². The van der Waals surface area contributed by atoms with E-state index < -0.39 is 5.97 Å². The van der Waals surface area contributed by atoms with Crippen molar-refractivity contribution in [3.05, 3.63) is 59.7 Å². The van der Waals surface area contributed by atoms with Gasteiger partial charge in [0.15, 0.2) is 6.61 Å². The molecule has 0 bridgehead atoms. The predicted octanol–water partition coefficient (Wildman–Crippen LogP) is 3.58. The van der Waals surface area contributed by atoms with Crippen molar-refractivity contribution in [1.29, 1.82) is 0 Å². The van der Waals surface area contributed by atoms with E-state index in [4.69, 9.17) is 9.47 Å². The van der Waals surface area contributed by atoms with Gasteiger partial charge in [-0.25, -0.2) is 4.79 Å². The molecule has 0 aliphatic rings. The zero-order valence-corrected chi connectivity index (χ0v) is 13.9. The Balaban J connectivity index is 1.89. The number of hydrogen-bond acceptors (Lipinski definition) is 4. The zero-order valence-electron chi connectivity index (χ0n) is 13.9. The molecule has 0 unspecified atom stereocenters. The largest absolute Gasteiger partial charge is 0.484 e. The molecule has 0 radical (unpaired) electrons. The maximum atomic E-state index is 12.0. The standard InChI is InChI=1S/C19H21NO4/c1-3-11-23-19(22)15-5-4-6-16(12-15)20-18(21)13-24-17-9-7-14(2)8-10-17/h4-10,12H,3,11,13H2,1-2H3,(H,20,21). The Labute approximate surface area is 141 Å². The summed E-state index contributed by atoms with van der Waals surface area (Å²) >= 11 is 0. The minimum atomic E-state index is -0.399. The number of ether oxygens (including phenoxy) is 2. The molecule has 1 N–H and O–H groups in total. The molecule has 0 aliphatic heterocycles. The molecule has 0 aromatic heterocycles. The average molecular weight is 327 g/mol. The van der Waals surface area contributed by atoms with E-state index in [-0.39, 0.29) is 12.5 Å². The fourth-order valence-electron chi connectivity index (χ4n) is 1.98. The highest BCUT2D eigenvalue weighted by atomic mass is 16.5. The monoisotopic (exact) mass is 327 g/mol. The van der Waals surface area contributed by atoms with Gasteiger partial charge in [0.1, 0.15) is 5.75 Å². The van der Waals surface area contributed by atoms with E-state index in [0.29, 0.717) is 23.6 Å². The van der Waals surface area contributed by atoms with Gasteiger partial charge in [0.2, 0.25) is 0 Å². The summed E-state index contributed by atoms with van der Waals surface area (Å²) in [5, 5.41) is 2.70. The molecule has 126 valence electrons. The molecule has 2 aromatic rings. The Bertz CT molecular complexity index is 695. The number of carbonyl (C=O) groups excluding carboxylic acids is 2. The summed E-state index contributed by atoms with van der Waals surface area (Å²) in [7, 11) is 0. The molecule has 2 aromatic carbocycles. The number of carbonyl (C=O) groups is 2. The fraction of sp³-hybridized carbons (Fsp3) is 0.263. The summed E-state index contributed by atoms with van der Waals surface area (Å²) in [4.78, 5) is 23.8. The van der Waals surface area contributed by atoms with Crippen LogP contribution in [-0.2, 0) is 9.53 Å². The predicted molar refractivity (Wildman–Crippen MR) is 92.3 cm³/mol. The van der Waals surface area contributed by atoms with E-state index in [0.717, 1.165) is 12.0 Å². The number of benzene rings is 2. The van der Waals surface area contributed by atoms with E-state index in [1.807, 2.05) is 38.1 Å². The molecule has 2 rings (SSSR count). The fourth-order valence-corrected chi connectivity index (χ4v) is 1.98. The summed E-state index contributed by atoms with van der Waals surface area (Å²) in [5.41, 5.74) is 2.05. The van der Waals surface area contributed by atoms with Crippen LogP contribution < -0.4 is 10.1 Å². The van der Waals surface area contributed by atoms with Gasteiger partial charge in [-0.1, -0.05) is 30.7 Å². The summed E-state index contributed by atoms with van der Waals surface area (Å²) < 4.78 is 10.5. The van der Waals surface area contributed by atoms with Crippen molar-refractivity contribution >= 4 is 17.6 Å². The number of esters is 1. The number of nitrogens with one attached hydrogen (secondary N) is 1. The third kappa shape index (κ3) is 5.43. The van der Waals surface area contributed by atoms with Crippen LogP contribution in [0, 0.1) is 6.92 Å². The minimum absolute atomic E-state index is 0.104. The van der Waals surface area contributed by atoms with Crippen LogP contribution in [0.2, 0.25) is 0 Å². The van der Waals surface area contributed by atoms with Gasteiger partial charge in [-0.05, 0) is 43.7 Å². The van der Waals surface area contributed by atoms with Crippen LogP contribution >= 0.6 is 0 Å². The average Bonchev–Trinajstić information content (AvgIpc) is 2.59. The molecule has 5 heteroatoms. The number of anilines is 1. The number of hydrogen-bond donors (Lipinski definition) is 1. The highest BCUT2D eigenvalue weighted by Crippen LogP contribution is 2.13. The molecule has 0 spiro atoms. The molecule has 0 fully saturated rings. The van der Waals surface area contributed by atoms with Crippen molar-refractivity contribution in [2.45, 2.75) is 20.3 Å². The van der Waals surface area contributed by atoms with E-state index in [9.17, 15) is 9.59 Å². The lowest BCUT2D eigenvalue weighted by Crippen LogP contribution is -2.20. The lowest BCUT2D eigenvalue weighted by molar-refractivity contribution is -0.118. The summed E-state index contributed by atoms with van der Waals surface area (Å²) in [6, 6.07) is 14.1. The van der Waals surface area contributed by atoms with Crippen LogP contribution in [0.1, 0.15) is 29.3 Å². The molecular weight excluding hydrogens is 306 g/mol. The van der Waals surface area contributed by atoms with Gasteiger partial charge in [0, 0.05) is 5.69 Å². The third-order valence-corrected chi connectivity index (χ3v) is 3.21. The molecule has 5 nitrogen and oxygen atoms in total. The minimum Gasteiger partial charge on any atom is -0.484 e. The summed E-state index contributed by atoms with van der Waals surface area (Å²) in [5.74, 6) is -0.0638. The molecule has 1 amide bonds. The van der Waals surface area contributed by atoms with Crippen molar-refractivity contribution < 1.29 is 19.1 Å². The highest BCUT2D eigenvalue weighted by molar-refractivity contribution is 5.95. The Morgan fingerprint density at radius 2 is 1.83 bits per heavy atom. The lowest BCUT2D eigenvalue weighted by Gasteiger charge is -2.09. The Morgan fingerprint density at radius 1 is 1.08 bits per heavy atom. The van der Waals surface area contributed by atoms with Crippen molar-refractivity contribution in [1.82, 2.24) is 0 Å². The van der Waals surface area contributed by atoms with E-state index in [2.05, 4.69) is 5.32 Å². The van der Waals surface area contributed by atoms with Crippen molar-refractivity contribution in [2.24, 2.45) is 0 Å². The smallest absolute Gasteiger partial charge is 0.338 e. The highest BCUT2D eigenvalue weighted by Gasteiger charge is 2.09. The quantitative estimate of drug-likeness (QED) is 0.790. The first-order valence-corrected chi connectivity index (χ1v) is 7.85. The Morgan fingerprint density at radius 3 is 2.54 bits per heavy atom. The first-order valence-electron chi connectivity index (χ1n) is 7.85. The molecule has 0 saturated carbocycles. The normalized spacial score (nSPS) is 10.1. The first kappa shape index (κ1) is 17.5. The van der Waals surface area contributed by atoms with Gasteiger partial charge in [-0.3, -0.25) is 4.79 Å².